The Labute approximate surface area is 177 Å². The summed E-state index contributed by atoms with van der Waals surface area (Å²) in [5, 5.41) is 2.91. The minimum atomic E-state index is -0.421. The molecule has 158 valence electrons. The van der Waals surface area contributed by atoms with Gasteiger partial charge in [-0.3, -0.25) is 19.5 Å². The highest BCUT2D eigenvalue weighted by Gasteiger charge is 2.34. The molecule has 7 nitrogen and oxygen atoms in total. The number of hydrogen-bond acceptors (Lipinski definition) is 5. The maximum absolute atomic E-state index is 12.9. The third-order valence-corrected chi connectivity index (χ3v) is 5.77. The van der Waals surface area contributed by atoms with E-state index in [9.17, 15) is 9.59 Å². The fraction of sp³-hybridized carbons (Fsp3) is 0.435. The standard InChI is InChI=1S/C23H28N4O3/c28-22(26-12-8-19(9-13-26)30-20-7-4-10-24-16-20)15-21-23(29)25-11-14-27(21)17-18-5-2-1-3-6-18/h1-7,10,16,19,21H,8-9,11-15,17H2,(H,25,29)/t21-/m0/s1. The van der Waals surface area contributed by atoms with Crippen LogP contribution < -0.4 is 10.1 Å². The van der Waals surface area contributed by atoms with Crippen LogP contribution in [0.1, 0.15) is 24.8 Å². The molecule has 2 amide bonds. The molecule has 2 saturated heterocycles. The number of nitrogens with zero attached hydrogens (tertiary/aromatic N) is 3. The lowest BCUT2D eigenvalue weighted by molar-refractivity contribution is -0.140. The molecular formula is C23H28N4O3. The molecule has 3 heterocycles. The van der Waals surface area contributed by atoms with Crippen LogP contribution in [0.3, 0.4) is 0 Å². The van der Waals surface area contributed by atoms with Gasteiger partial charge in [0.05, 0.1) is 18.7 Å². The summed E-state index contributed by atoms with van der Waals surface area (Å²) in [6.07, 6.45) is 5.30. The van der Waals surface area contributed by atoms with Gasteiger partial charge in [-0.2, -0.15) is 0 Å². The number of ether oxygens (including phenoxy) is 1. The fourth-order valence-electron chi connectivity index (χ4n) is 4.12. The number of pyridine rings is 1. The van der Waals surface area contributed by atoms with Crippen LogP contribution in [-0.4, -0.2) is 64.9 Å². The van der Waals surface area contributed by atoms with E-state index in [1.807, 2.05) is 35.2 Å². The first kappa shape index (κ1) is 20.3. The molecule has 30 heavy (non-hydrogen) atoms. The zero-order valence-corrected chi connectivity index (χ0v) is 17.1. The Morgan fingerprint density at radius 2 is 1.90 bits per heavy atom. The van der Waals surface area contributed by atoms with Crippen LogP contribution in [0.2, 0.25) is 0 Å². The van der Waals surface area contributed by atoms with Gasteiger partial charge in [0.25, 0.3) is 0 Å². The Kier molecular flexibility index (Phi) is 6.59. The van der Waals surface area contributed by atoms with Crippen LogP contribution in [0.15, 0.2) is 54.9 Å². The van der Waals surface area contributed by atoms with E-state index in [2.05, 4.69) is 27.3 Å². The lowest BCUT2D eigenvalue weighted by Crippen LogP contribution is -2.56. The van der Waals surface area contributed by atoms with Crippen molar-refractivity contribution in [1.82, 2.24) is 20.1 Å². The van der Waals surface area contributed by atoms with Crippen molar-refractivity contribution in [3.05, 3.63) is 60.4 Å². The number of piperazine rings is 1. The summed E-state index contributed by atoms with van der Waals surface area (Å²) in [5.74, 6) is 0.743. The molecule has 1 atom stereocenters. The van der Waals surface area contributed by atoms with Crippen LogP contribution in [0.4, 0.5) is 0 Å². The predicted octanol–water partition coefficient (Wildman–Crippen LogP) is 1.84. The molecule has 1 N–H and O–H groups in total. The Morgan fingerprint density at radius 1 is 1.10 bits per heavy atom. The zero-order valence-electron chi connectivity index (χ0n) is 17.1. The molecule has 1 aromatic heterocycles. The zero-order chi connectivity index (χ0) is 20.8. The SMILES string of the molecule is O=C1NCCN(Cc2ccccc2)[C@H]1CC(=O)N1CCC(Oc2cccnc2)CC1. The maximum atomic E-state index is 12.9. The molecular weight excluding hydrogens is 380 g/mol. The molecule has 2 fully saturated rings. The van der Waals surface area contributed by atoms with Crippen molar-refractivity contribution in [3.63, 3.8) is 0 Å². The van der Waals surface area contributed by atoms with Gasteiger partial charge in [0.2, 0.25) is 11.8 Å². The van der Waals surface area contributed by atoms with Crippen LogP contribution in [-0.2, 0) is 16.1 Å². The van der Waals surface area contributed by atoms with Crippen molar-refractivity contribution in [2.24, 2.45) is 0 Å². The van der Waals surface area contributed by atoms with Crippen molar-refractivity contribution in [3.8, 4) is 5.75 Å². The van der Waals surface area contributed by atoms with Crippen molar-refractivity contribution >= 4 is 11.8 Å². The molecule has 0 radical (unpaired) electrons. The minimum Gasteiger partial charge on any atom is -0.489 e. The molecule has 2 aromatic rings. The van der Waals surface area contributed by atoms with E-state index in [4.69, 9.17) is 4.74 Å². The van der Waals surface area contributed by atoms with Gasteiger partial charge < -0.3 is 15.0 Å². The summed E-state index contributed by atoms with van der Waals surface area (Å²) in [5.41, 5.74) is 1.15. The molecule has 0 saturated carbocycles. The van der Waals surface area contributed by atoms with E-state index < -0.39 is 6.04 Å². The Hall–Kier alpha value is -2.93. The molecule has 2 aliphatic heterocycles. The number of piperidine rings is 1. The van der Waals surface area contributed by atoms with Crippen molar-refractivity contribution in [2.45, 2.75) is 38.0 Å². The van der Waals surface area contributed by atoms with E-state index >= 15 is 0 Å². The highest BCUT2D eigenvalue weighted by molar-refractivity contribution is 5.88. The molecule has 0 unspecified atom stereocenters. The van der Waals surface area contributed by atoms with E-state index in [1.165, 1.54) is 0 Å². The van der Waals surface area contributed by atoms with Crippen LogP contribution >= 0.6 is 0 Å². The lowest BCUT2D eigenvalue weighted by Gasteiger charge is -2.37. The van der Waals surface area contributed by atoms with E-state index in [0.29, 0.717) is 26.2 Å². The molecule has 1 aromatic carbocycles. The fourth-order valence-corrected chi connectivity index (χ4v) is 4.12. The number of carbonyl (C=O) groups excluding carboxylic acids is 2. The topological polar surface area (TPSA) is 74.8 Å². The van der Waals surface area contributed by atoms with Gasteiger partial charge in [0.15, 0.2) is 0 Å². The molecule has 2 aliphatic rings. The summed E-state index contributed by atoms with van der Waals surface area (Å²) in [6.45, 7) is 3.34. The maximum Gasteiger partial charge on any atom is 0.237 e. The largest absolute Gasteiger partial charge is 0.489 e. The first-order chi connectivity index (χ1) is 14.7. The number of amides is 2. The number of carbonyl (C=O) groups is 2. The van der Waals surface area contributed by atoms with Crippen molar-refractivity contribution in [1.29, 1.82) is 0 Å². The molecule has 0 spiro atoms. The number of likely N-dealkylation sites (tertiary alicyclic amines) is 1. The number of nitrogens with one attached hydrogen (secondary N) is 1. The number of benzene rings is 1. The monoisotopic (exact) mass is 408 g/mol. The average molecular weight is 409 g/mol. The number of aromatic nitrogens is 1. The Balaban J connectivity index is 1.31. The Morgan fingerprint density at radius 3 is 2.63 bits per heavy atom. The van der Waals surface area contributed by atoms with Gasteiger partial charge >= 0.3 is 0 Å². The smallest absolute Gasteiger partial charge is 0.237 e. The number of hydrogen-bond donors (Lipinski definition) is 1. The normalized spacial score (nSPS) is 20.6. The van der Waals surface area contributed by atoms with Crippen molar-refractivity contribution < 1.29 is 14.3 Å². The molecule has 4 rings (SSSR count). The summed E-state index contributed by atoms with van der Waals surface area (Å²) >= 11 is 0. The van der Waals surface area contributed by atoms with Gasteiger partial charge in [-0.05, 0) is 17.7 Å². The van der Waals surface area contributed by atoms with Gasteiger partial charge in [0.1, 0.15) is 11.9 Å². The first-order valence-electron chi connectivity index (χ1n) is 10.6. The van der Waals surface area contributed by atoms with Gasteiger partial charge in [-0.25, -0.2) is 0 Å². The quantitative estimate of drug-likeness (QED) is 0.790. The van der Waals surface area contributed by atoms with Gasteiger partial charge in [-0.1, -0.05) is 30.3 Å². The van der Waals surface area contributed by atoms with Crippen molar-refractivity contribution in [2.75, 3.05) is 26.2 Å². The lowest BCUT2D eigenvalue weighted by atomic mass is 10.0. The predicted molar refractivity (Wildman–Crippen MR) is 113 cm³/mol. The van der Waals surface area contributed by atoms with E-state index in [0.717, 1.165) is 30.7 Å². The molecule has 0 bridgehead atoms. The van der Waals surface area contributed by atoms with Gasteiger partial charge in [-0.15, -0.1) is 0 Å². The minimum absolute atomic E-state index is 0.0370. The summed E-state index contributed by atoms with van der Waals surface area (Å²) in [7, 11) is 0. The highest BCUT2D eigenvalue weighted by atomic mass is 16.5. The molecule has 0 aliphatic carbocycles. The third-order valence-electron chi connectivity index (χ3n) is 5.77. The van der Waals surface area contributed by atoms with Crippen LogP contribution in [0.25, 0.3) is 0 Å². The average Bonchev–Trinajstić information content (AvgIpc) is 2.78. The second-order valence-electron chi connectivity index (χ2n) is 7.85. The van der Waals surface area contributed by atoms with Crippen LogP contribution in [0, 0.1) is 0 Å². The second-order valence-corrected chi connectivity index (χ2v) is 7.85. The van der Waals surface area contributed by atoms with Crippen LogP contribution in [0.5, 0.6) is 5.75 Å². The summed E-state index contributed by atoms with van der Waals surface area (Å²) < 4.78 is 5.96. The second kappa shape index (κ2) is 9.71. The van der Waals surface area contributed by atoms with E-state index in [-0.39, 0.29) is 24.3 Å². The first-order valence-corrected chi connectivity index (χ1v) is 10.6. The molecule has 7 heteroatoms. The highest BCUT2D eigenvalue weighted by Crippen LogP contribution is 2.20. The third kappa shape index (κ3) is 5.16. The summed E-state index contributed by atoms with van der Waals surface area (Å²) in [4.78, 5) is 33.5. The van der Waals surface area contributed by atoms with E-state index in [1.54, 1.807) is 12.4 Å². The van der Waals surface area contributed by atoms with Gasteiger partial charge in [0, 0.05) is 51.8 Å². The Bertz CT molecular complexity index is 838. The number of rotatable bonds is 6. The summed E-state index contributed by atoms with van der Waals surface area (Å²) in [6, 6.07) is 13.4.